The number of carbonyl (C=O) groups excluding carboxylic acids is 4. The quantitative estimate of drug-likeness (QED) is 0.226. The molecule has 0 saturated heterocycles. The van der Waals surface area contributed by atoms with E-state index in [1.54, 1.807) is 24.3 Å². The van der Waals surface area contributed by atoms with Gasteiger partial charge in [-0.05, 0) is 66.1 Å². The van der Waals surface area contributed by atoms with Gasteiger partial charge in [-0.15, -0.1) is 0 Å². The van der Waals surface area contributed by atoms with E-state index in [0.717, 1.165) is 39.0 Å². The molecule has 0 aromatic heterocycles. The van der Waals surface area contributed by atoms with Crippen LogP contribution in [0.5, 0.6) is 0 Å². The molecule has 2 heterocycles. The Kier molecular flexibility index (Phi) is 8.64. The van der Waals surface area contributed by atoms with E-state index in [4.69, 9.17) is 0 Å². The van der Waals surface area contributed by atoms with Crippen molar-refractivity contribution in [1.29, 1.82) is 0 Å². The van der Waals surface area contributed by atoms with Gasteiger partial charge in [-0.2, -0.15) is 0 Å². The van der Waals surface area contributed by atoms with Crippen LogP contribution in [0.25, 0.3) is 0 Å². The second-order valence-corrected chi connectivity index (χ2v) is 9.46. The van der Waals surface area contributed by atoms with Gasteiger partial charge in [0.1, 0.15) is 0 Å². The molecular formula is C34H28N4O4. The fraction of sp³-hybridized carbons (Fsp3) is 0.0588. The average molecular weight is 557 g/mol. The van der Waals surface area contributed by atoms with Gasteiger partial charge in [0, 0.05) is 35.7 Å². The van der Waals surface area contributed by atoms with Crippen LogP contribution in [-0.2, 0) is 25.6 Å². The van der Waals surface area contributed by atoms with Gasteiger partial charge in [-0.25, -0.2) is 9.80 Å². The third-order valence-corrected chi connectivity index (χ3v) is 6.55. The Bertz CT molecular complexity index is 1470. The summed E-state index contributed by atoms with van der Waals surface area (Å²) in [5.74, 6) is -1.37. The Morgan fingerprint density at radius 3 is 1.10 bits per heavy atom. The molecule has 208 valence electrons. The maximum atomic E-state index is 11.7. The van der Waals surface area contributed by atoms with E-state index < -0.39 is 0 Å². The van der Waals surface area contributed by atoms with Gasteiger partial charge in [-0.1, -0.05) is 60.7 Å². The SMILES string of the molecule is O=C1C=CC(=O)N1c1ccc(Cc2ccc(N3C(=O)C=CC3=O)cc2)cc1.c1ccc(NCNc2ccccc2)cc1. The van der Waals surface area contributed by atoms with Crippen molar-refractivity contribution in [2.24, 2.45) is 0 Å². The molecule has 8 nitrogen and oxygen atoms in total. The number of para-hydroxylation sites is 2. The molecule has 4 aromatic carbocycles. The molecule has 0 radical (unpaired) electrons. The van der Waals surface area contributed by atoms with Crippen molar-refractivity contribution in [1.82, 2.24) is 0 Å². The van der Waals surface area contributed by atoms with E-state index in [1.165, 1.54) is 24.3 Å². The fourth-order valence-corrected chi connectivity index (χ4v) is 4.43. The molecule has 6 rings (SSSR count). The lowest BCUT2D eigenvalue weighted by atomic mass is 10.0. The molecule has 8 heteroatoms. The first-order chi connectivity index (χ1) is 20.5. The smallest absolute Gasteiger partial charge is 0.258 e. The zero-order valence-corrected chi connectivity index (χ0v) is 22.6. The lowest BCUT2D eigenvalue weighted by Gasteiger charge is -2.15. The number of benzene rings is 4. The topological polar surface area (TPSA) is 98.8 Å². The molecule has 0 spiro atoms. The van der Waals surface area contributed by atoms with Gasteiger partial charge in [0.2, 0.25) is 0 Å². The minimum absolute atomic E-state index is 0.344. The third-order valence-electron chi connectivity index (χ3n) is 6.55. The lowest BCUT2D eigenvalue weighted by molar-refractivity contribution is -0.121. The Hall–Kier alpha value is -5.76. The number of rotatable bonds is 8. The average Bonchev–Trinajstić information content (AvgIpc) is 3.54. The highest BCUT2D eigenvalue weighted by Crippen LogP contribution is 2.23. The van der Waals surface area contributed by atoms with Gasteiger partial charge in [0.15, 0.2) is 0 Å². The first kappa shape index (κ1) is 27.8. The maximum absolute atomic E-state index is 11.7. The molecule has 0 aliphatic carbocycles. The van der Waals surface area contributed by atoms with Crippen LogP contribution < -0.4 is 20.4 Å². The minimum Gasteiger partial charge on any atom is -0.368 e. The van der Waals surface area contributed by atoms with Crippen molar-refractivity contribution in [2.75, 3.05) is 27.1 Å². The van der Waals surface area contributed by atoms with E-state index in [2.05, 4.69) is 10.6 Å². The summed E-state index contributed by atoms with van der Waals surface area (Å²) >= 11 is 0. The predicted molar refractivity (Wildman–Crippen MR) is 164 cm³/mol. The normalized spacial score (nSPS) is 13.8. The first-order valence-electron chi connectivity index (χ1n) is 13.4. The summed E-state index contributed by atoms with van der Waals surface area (Å²) in [5, 5.41) is 6.56. The summed E-state index contributed by atoms with van der Waals surface area (Å²) in [5.41, 5.74) is 5.34. The molecule has 4 amide bonds. The molecular weight excluding hydrogens is 528 g/mol. The Balaban J connectivity index is 0.000000199. The van der Waals surface area contributed by atoms with Crippen LogP contribution in [0.2, 0.25) is 0 Å². The van der Waals surface area contributed by atoms with E-state index >= 15 is 0 Å². The fourth-order valence-electron chi connectivity index (χ4n) is 4.43. The summed E-state index contributed by atoms with van der Waals surface area (Å²) in [6.07, 6.45) is 5.65. The summed E-state index contributed by atoms with van der Waals surface area (Å²) in [4.78, 5) is 49.1. The molecule has 42 heavy (non-hydrogen) atoms. The van der Waals surface area contributed by atoms with Gasteiger partial charge in [0.25, 0.3) is 23.6 Å². The number of nitrogens with zero attached hydrogens (tertiary/aromatic N) is 2. The van der Waals surface area contributed by atoms with Crippen molar-refractivity contribution in [3.63, 3.8) is 0 Å². The van der Waals surface area contributed by atoms with E-state index in [1.807, 2.05) is 84.9 Å². The van der Waals surface area contributed by atoms with Gasteiger partial charge >= 0.3 is 0 Å². The van der Waals surface area contributed by atoms with E-state index in [-0.39, 0.29) is 23.6 Å². The van der Waals surface area contributed by atoms with Crippen molar-refractivity contribution in [3.05, 3.63) is 145 Å². The highest BCUT2D eigenvalue weighted by atomic mass is 16.2. The first-order valence-corrected chi connectivity index (χ1v) is 13.4. The minimum atomic E-state index is -0.344. The number of nitrogens with one attached hydrogen (secondary N) is 2. The van der Waals surface area contributed by atoms with Crippen LogP contribution in [0.4, 0.5) is 22.7 Å². The van der Waals surface area contributed by atoms with Crippen LogP contribution in [-0.4, -0.2) is 30.3 Å². The van der Waals surface area contributed by atoms with Crippen LogP contribution in [0.1, 0.15) is 11.1 Å². The number of hydrogen-bond donors (Lipinski definition) is 2. The van der Waals surface area contributed by atoms with Gasteiger partial charge < -0.3 is 10.6 Å². The number of carbonyl (C=O) groups is 4. The maximum Gasteiger partial charge on any atom is 0.258 e. The van der Waals surface area contributed by atoms with E-state index in [9.17, 15) is 19.2 Å². The standard InChI is InChI=1S/C21H14N2O4.C13H14N2/c24-18-9-10-19(25)22(18)16-5-1-14(2-6-16)13-15-3-7-17(8-4-15)23-20(26)11-12-21(23)27;1-3-7-12(8-4-1)14-11-15-13-9-5-2-6-10-13/h1-12H,13H2;1-10,14-15H,11H2. The summed E-state index contributed by atoms with van der Waals surface area (Å²) in [6.45, 7) is 0.730. The molecule has 2 aliphatic rings. The van der Waals surface area contributed by atoms with Crippen LogP contribution in [0.15, 0.2) is 133 Å². The Morgan fingerprint density at radius 2 is 0.762 bits per heavy atom. The highest BCUT2D eigenvalue weighted by molar-refractivity contribution is 6.28. The zero-order valence-electron chi connectivity index (χ0n) is 22.6. The van der Waals surface area contributed by atoms with E-state index in [0.29, 0.717) is 17.8 Å². The predicted octanol–water partition coefficient (Wildman–Crippen LogP) is 5.30. The molecule has 2 N–H and O–H groups in total. The summed E-state index contributed by atoms with van der Waals surface area (Å²) in [6, 6.07) is 34.7. The summed E-state index contributed by atoms with van der Waals surface area (Å²) < 4.78 is 0. The van der Waals surface area contributed by atoms with Crippen LogP contribution >= 0.6 is 0 Å². The number of hydrogen-bond acceptors (Lipinski definition) is 6. The molecule has 0 atom stereocenters. The molecule has 0 saturated carbocycles. The lowest BCUT2D eigenvalue weighted by Crippen LogP contribution is -2.29. The Morgan fingerprint density at radius 1 is 0.429 bits per heavy atom. The van der Waals surface area contributed by atoms with Crippen LogP contribution in [0, 0.1) is 0 Å². The molecule has 2 aliphatic heterocycles. The second-order valence-electron chi connectivity index (χ2n) is 9.46. The van der Waals surface area contributed by atoms with Crippen molar-refractivity contribution in [3.8, 4) is 0 Å². The molecule has 0 unspecified atom stereocenters. The largest absolute Gasteiger partial charge is 0.368 e. The molecule has 0 fully saturated rings. The number of imide groups is 2. The van der Waals surface area contributed by atoms with Crippen molar-refractivity contribution >= 4 is 46.4 Å². The van der Waals surface area contributed by atoms with Gasteiger partial charge in [-0.3, -0.25) is 19.2 Å². The molecule has 0 bridgehead atoms. The number of anilines is 4. The Labute approximate surface area is 243 Å². The van der Waals surface area contributed by atoms with Crippen molar-refractivity contribution < 1.29 is 19.2 Å². The highest BCUT2D eigenvalue weighted by Gasteiger charge is 2.25. The van der Waals surface area contributed by atoms with Crippen LogP contribution in [0.3, 0.4) is 0 Å². The van der Waals surface area contributed by atoms with Gasteiger partial charge in [0.05, 0.1) is 18.0 Å². The van der Waals surface area contributed by atoms with Crippen molar-refractivity contribution in [2.45, 2.75) is 6.42 Å². The second kappa shape index (κ2) is 13.1. The molecule has 4 aromatic rings. The number of amides is 4. The zero-order chi connectivity index (χ0) is 29.3. The summed E-state index contributed by atoms with van der Waals surface area (Å²) in [7, 11) is 0. The third kappa shape index (κ3) is 6.86. The monoisotopic (exact) mass is 556 g/mol.